The average molecular weight is 283 g/mol. The van der Waals surface area contributed by atoms with Crippen molar-refractivity contribution in [2.24, 2.45) is 5.10 Å². The largest absolute Gasteiger partial charge is 0.477 e. The van der Waals surface area contributed by atoms with Crippen molar-refractivity contribution in [2.75, 3.05) is 0 Å². The first kappa shape index (κ1) is 13.2. The second kappa shape index (κ2) is 5.32. The van der Waals surface area contributed by atoms with Crippen LogP contribution in [-0.2, 0) is 16.1 Å². The number of nitrogens with zero attached hydrogens (tertiary/aromatic N) is 3. The van der Waals surface area contributed by atoms with Gasteiger partial charge in [-0.05, 0) is 17.7 Å². The van der Waals surface area contributed by atoms with Gasteiger partial charge in [0.2, 0.25) is 5.91 Å². The summed E-state index contributed by atoms with van der Waals surface area (Å²) in [4.78, 5) is 27.2. The summed E-state index contributed by atoms with van der Waals surface area (Å²) in [5.41, 5.74) is 1.75. The van der Waals surface area contributed by atoms with Gasteiger partial charge in [-0.15, -0.1) is 0 Å². The van der Waals surface area contributed by atoms with Crippen molar-refractivity contribution >= 4 is 28.5 Å². The molecule has 0 saturated carbocycles. The molecule has 0 fully saturated rings. The second-order valence-electron chi connectivity index (χ2n) is 4.79. The van der Waals surface area contributed by atoms with E-state index in [1.807, 2.05) is 30.3 Å². The Morgan fingerprint density at radius 1 is 1.24 bits per heavy atom. The monoisotopic (exact) mass is 283 g/mol. The smallest absolute Gasteiger partial charge is 0.352 e. The lowest BCUT2D eigenvalue weighted by Crippen LogP contribution is -2.33. The average Bonchev–Trinajstić information content (AvgIpc) is 2.49. The van der Waals surface area contributed by atoms with Gasteiger partial charge in [-0.25, -0.2) is 9.80 Å². The molecule has 6 nitrogen and oxygen atoms in total. The molecule has 1 amide bonds. The maximum absolute atomic E-state index is 11.9. The standard InChI is InChI=1S/C15H13N3O3/c19-14-6-5-13(15(20)21)17-18(14)9-10-7-8-16-12-4-2-1-3-11(10)12/h1-4,7-8H,5-6,9H2,(H,20,21). The normalized spacial score (nSPS) is 15.1. The van der Waals surface area contributed by atoms with Crippen molar-refractivity contribution in [1.82, 2.24) is 9.99 Å². The Morgan fingerprint density at radius 3 is 2.86 bits per heavy atom. The maximum Gasteiger partial charge on any atom is 0.352 e. The number of aromatic nitrogens is 1. The molecular formula is C15H13N3O3. The zero-order valence-electron chi connectivity index (χ0n) is 11.2. The maximum atomic E-state index is 11.9. The number of carboxylic acids is 1. The molecule has 106 valence electrons. The Labute approximate surface area is 120 Å². The molecule has 21 heavy (non-hydrogen) atoms. The Hall–Kier alpha value is -2.76. The van der Waals surface area contributed by atoms with E-state index in [0.717, 1.165) is 16.5 Å². The predicted molar refractivity (Wildman–Crippen MR) is 76.6 cm³/mol. The first-order valence-electron chi connectivity index (χ1n) is 6.59. The molecule has 0 radical (unpaired) electrons. The number of fused-ring (bicyclic) bond motifs is 1. The summed E-state index contributed by atoms with van der Waals surface area (Å²) in [6, 6.07) is 9.43. The highest BCUT2D eigenvalue weighted by atomic mass is 16.4. The Balaban J connectivity index is 1.96. The summed E-state index contributed by atoms with van der Waals surface area (Å²) >= 11 is 0. The fourth-order valence-corrected chi connectivity index (χ4v) is 2.33. The number of hydrazone groups is 1. The fraction of sp³-hybridized carbons (Fsp3) is 0.200. The van der Waals surface area contributed by atoms with Crippen molar-refractivity contribution in [2.45, 2.75) is 19.4 Å². The van der Waals surface area contributed by atoms with Gasteiger partial charge in [-0.3, -0.25) is 9.78 Å². The third-order valence-electron chi connectivity index (χ3n) is 3.41. The van der Waals surface area contributed by atoms with E-state index in [2.05, 4.69) is 10.1 Å². The number of hydrogen-bond donors (Lipinski definition) is 1. The molecule has 0 saturated heterocycles. The quantitative estimate of drug-likeness (QED) is 0.931. The van der Waals surface area contributed by atoms with Crippen LogP contribution in [0.2, 0.25) is 0 Å². The molecule has 6 heteroatoms. The van der Waals surface area contributed by atoms with Crippen LogP contribution in [0.25, 0.3) is 10.9 Å². The highest BCUT2D eigenvalue weighted by Crippen LogP contribution is 2.20. The van der Waals surface area contributed by atoms with E-state index >= 15 is 0 Å². The highest BCUT2D eigenvalue weighted by molar-refractivity contribution is 6.36. The summed E-state index contributed by atoms with van der Waals surface area (Å²) in [6.45, 7) is 0.249. The number of carboxylic acid groups (broad SMARTS) is 1. The number of benzene rings is 1. The lowest BCUT2D eigenvalue weighted by Gasteiger charge is -2.22. The van der Waals surface area contributed by atoms with Crippen molar-refractivity contribution in [3.8, 4) is 0 Å². The predicted octanol–water partition coefficient (Wildman–Crippen LogP) is 1.80. The van der Waals surface area contributed by atoms with Crippen molar-refractivity contribution in [1.29, 1.82) is 0 Å². The van der Waals surface area contributed by atoms with E-state index in [4.69, 9.17) is 5.11 Å². The van der Waals surface area contributed by atoms with Crippen molar-refractivity contribution in [3.05, 3.63) is 42.1 Å². The van der Waals surface area contributed by atoms with Crippen LogP contribution in [0.4, 0.5) is 0 Å². The number of pyridine rings is 1. The van der Waals surface area contributed by atoms with Gasteiger partial charge in [0.15, 0.2) is 0 Å². The number of aliphatic carboxylic acids is 1. The zero-order valence-corrected chi connectivity index (χ0v) is 11.2. The molecule has 0 unspecified atom stereocenters. The highest BCUT2D eigenvalue weighted by Gasteiger charge is 2.24. The lowest BCUT2D eigenvalue weighted by atomic mass is 10.1. The molecule has 1 N–H and O–H groups in total. The van der Waals surface area contributed by atoms with Gasteiger partial charge < -0.3 is 5.11 Å². The van der Waals surface area contributed by atoms with Crippen LogP contribution >= 0.6 is 0 Å². The lowest BCUT2D eigenvalue weighted by molar-refractivity contribution is -0.133. The SMILES string of the molecule is O=C(O)C1=NN(Cc2ccnc3ccccc23)C(=O)CC1. The third-order valence-corrected chi connectivity index (χ3v) is 3.41. The molecule has 2 aromatic rings. The van der Waals surface area contributed by atoms with Crippen molar-refractivity contribution in [3.63, 3.8) is 0 Å². The number of carbonyl (C=O) groups excluding carboxylic acids is 1. The molecule has 1 aromatic heterocycles. The molecular weight excluding hydrogens is 270 g/mol. The second-order valence-corrected chi connectivity index (χ2v) is 4.79. The van der Waals surface area contributed by atoms with Gasteiger partial charge in [0, 0.05) is 24.4 Å². The van der Waals surface area contributed by atoms with Crippen LogP contribution in [0.3, 0.4) is 0 Å². The number of rotatable bonds is 3. The fourth-order valence-electron chi connectivity index (χ4n) is 2.33. The van der Waals surface area contributed by atoms with Crippen molar-refractivity contribution < 1.29 is 14.7 Å². The molecule has 0 bridgehead atoms. The number of hydrogen-bond acceptors (Lipinski definition) is 4. The minimum atomic E-state index is -1.08. The molecule has 1 aliphatic heterocycles. The molecule has 3 rings (SSSR count). The molecule has 2 heterocycles. The van der Waals surface area contributed by atoms with Gasteiger partial charge in [-0.2, -0.15) is 5.10 Å². The number of amides is 1. The molecule has 0 atom stereocenters. The summed E-state index contributed by atoms with van der Waals surface area (Å²) in [5.74, 6) is -1.24. The molecule has 0 aliphatic carbocycles. The summed E-state index contributed by atoms with van der Waals surface area (Å²) in [5, 5.41) is 15.1. The number of para-hydroxylation sites is 1. The van der Waals surface area contributed by atoms with E-state index in [-0.39, 0.29) is 31.0 Å². The molecule has 1 aliphatic rings. The Kier molecular flexibility index (Phi) is 3.35. The summed E-state index contributed by atoms with van der Waals surface area (Å²) in [6.07, 6.45) is 2.03. The molecule has 0 spiro atoms. The van der Waals surface area contributed by atoms with Crippen LogP contribution in [0.5, 0.6) is 0 Å². The van der Waals surface area contributed by atoms with Gasteiger partial charge in [0.1, 0.15) is 5.71 Å². The first-order chi connectivity index (χ1) is 10.1. The molecule has 1 aromatic carbocycles. The Morgan fingerprint density at radius 2 is 2.05 bits per heavy atom. The van der Waals surface area contributed by atoms with Gasteiger partial charge in [0.25, 0.3) is 0 Å². The minimum absolute atomic E-state index is 0.0213. The summed E-state index contributed by atoms with van der Waals surface area (Å²) in [7, 11) is 0. The topological polar surface area (TPSA) is 82.9 Å². The van der Waals surface area contributed by atoms with E-state index in [1.54, 1.807) is 6.20 Å². The van der Waals surface area contributed by atoms with Crippen LogP contribution in [-0.4, -0.2) is 32.7 Å². The number of carbonyl (C=O) groups is 2. The van der Waals surface area contributed by atoms with E-state index in [0.29, 0.717) is 0 Å². The van der Waals surface area contributed by atoms with E-state index in [9.17, 15) is 9.59 Å². The van der Waals surface area contributed by atoms with Crippen LogP contribution in [0.15, 0.2) is 41.6 Å². The van der Waals surface area contributed by atoms with Gasteiger partial charge in [-0.1, -0.05) is 18.2 Å². The van der Waals surface area contributed by atoms with Crippen LogP contribution < -0.4 is 0 Å². The van der Waals surface area contributed by atoms with Crippen LogP contribution in [0, 0.1) is 0 Å². The zero-order chi connectivity index (χ0) is 14.8. The minimum Gasteiger partial charge on any atom is -0.477 e. The van der Waals surface area contributed by atoms with E-state index in [1.165, 1.54) is 5.01 Å². The first-order valence-corrected chi connectivity index (χ1v) is 6.59. The van der Waals surface area contributed by atoms with E-state index < -0.39 is 5.97 Å². The van der Waals surface area contributed by atoms with Crippen LogP contribution in [0.1, 0.15) is 18.4 Å². The van der Waals surface area contributed by atoms with Gasteiger partial charge >= 0.3 is 5.97 Å². The van der Waals surface area contributed by atoms with Gasteiger partial charge in [0.05, 0.1) is 12.1 Å². The summed E-state index contributed by atoms with van der Waals surface area (Å²) < 4.78 is 0. The Bertz CT molecular complexity index is 749. The third kappa shape index (κ3) is 2.60.